The summed E-state index contributed by atoms with van der Waals surface area (Å²) in [7, 11) is 0. The van der Waals surface area contributed by atoms with Crippen molar-refractivity contribution in [3.63, 3.8) is 0 Å². The molecule has 94 valence electrons. The van der Waals surface area contributed by atoms with Crippen molar-refractivity contribution >= 4 is 0 Å². The number of nitrogens with one attached hydrogen (secondary N) is 2. The largest absolute Gasteiger partial charge is 0.361 e. The number of rotatable bonds is 4. The summed E-state index contributed by atoms with van der Waals surface area (Å²) in [5, 5.41) is 0. The molecule has 0 spiro atoms. The minimum Gasteiger partial charge on any atom is -0.361 e. The summed E-state index contributed by atoms with van der Waals surface area (Å²) in [6, 6.07) is 9.06. The molecule has 2 aliphatic rings. The van der Waals surface area contributed by atoms with Crippen LogP contribution < -0.4 is 0 Å². The first-order valence-electron chi connectivity index (χ1n) is 7.19. The van der Waals surface area contributed by atoms with Gasteiger partial charge in [-0.2, -0.15) is 0 Å². The second-order valence-electron chi connectivity index (χ2n) is 6.01. The second kappa shape index (κ2) is 3.78. The van der Waals surface area contributed by atoms with E-state index in [2.05, 4.69) is 41.2 Å². The molecule has 2 saturated carbocycles. The third-order valence-corrected chi connectivity index (χ3v) is 4.43. The Morgan fingerprint density at radius 2 is 1.28 bits per heavy atom. The molecule has 0 radical (unpaired) electrons. The monoisotopic (exact) mass is 240 g/mol. The molecule has 2 heteroatoms. The lowest BCUT2D eigenvalue weighted by Gasteiger charge is -2.08. The van der Waals surface area contributed by atoms with E-state index in [0.29, 0.717) is 5.92 Å². The lowest BCUT2D eigenvalue weighted by Crippen LogP contribution is -1.97. The van der Waals surface area contributed by atoms with Crippen molar-refractivity contribution in [2.45, 2.75) is 50.4 Å². The van der Waals surface area contributed by atoms with Crippen LogP contribution in [-0.2, 0) is 0 Å². The van der Waals surface area contributed by atoms with E-state index in [1.54, 1.807) is 0 Å². The zero-order chi connectivity index (χ0) is 12.1. The smallest absolute Gasteiger partial charge is 0.0363 e. The standard InChI is InChI=1S/C16H20N2/c1-10(13-6-8-15(17-13)11-2-3-11)14-7-9-16(18-14)12-4-5-12/h6-12,17-18H,2-5H2,1H3. The molecule has 4 rings (SSSR count). The Hall–Kier alpha value is -1.44. The topological polar surface area (TPSA) is 31.6 Å². The van der Waals surface area contributed by atoms with Crippen molar-refractivity contribution in [3.8, 4) is 0 Å². The van der Waals surface area contributed by atoms with E-state index in [-0.39, 0.29) is 0 Å². The van der Waals surface area contributed by atoms with Crippen LogP contribution >= 0.6 is 0 Å². The number of hydrogen-bond donors (Lipinski definition) is 2. The fourth-order valence-electron chi connectivity index (χ4n) is 2.80. The van der Waals surface area contributed by atoms with Gasteiger partial charge in [0.2, 0.25) is 0 Å². The van der Waals surface area contributed by atoms with Gasteiger partial charge in [0.1, 0.15) is 0 Å². The van der Waals surface area contributed by atoms with E-state index in [1.807, 2.05) is 0 Å². The maximum Gasteiger partial charge on any atom is 0.0363 e. The Kier molecular flexibility index (Phi) is 2.20. The van der Waals surface area contributed by atoms with Crippen molar-refractivity contribution in [1.82, 2.24) is 9.97 Å². The Balaban J connectivity index is 1.57. The molecule has 2 N–H and O–H groups in total. The van der Waals surface area contributed by atoms with Gasteiger partial charge in [-0.25, -0.2) is 0 Å². The van der Waals surface area contributed by atoms with E-state index in [9.17, 15) is 0 Å². The fraction of sp³-hybridized carbons (Fsp3) is 0.500. The van der Waals surface area contributed by atoms with Crippen LogP contribution in [0.5, 0.6) is 0 Å². The molecule has 0 atom stereocenters. The molecule has 0 aromatic carbocycles. The normalized spacial score (nSPS) is 19.7. The number of aromatic amines is 2. The highest BCUT2D eigenvalue weighted by Gasteiger charge is 2.27. The van der Waals surface area contributed by atoms with Gasteiger partial charge in [0.25, 0.3) is 0 Å². The number of hydrogen-bond acceptors (Lipinski definition) is 0. The summed E-state index contributed by atoms with van der Waals surface area (Å²) >= 11 is 0. The molecule has 2 nitrogen and oxygen atoms in total. The van der Waals surface area contributed by atoms with Crippen molar-refractivity contribution in [2.75, 3.05) is 0 Å². The van der Waals surface area contributed by atoms with Gasteiger partial charge in [-0.05, 0) is 61.8 Å². The number of H-pyrrole nitrogens is 2. The van der Waals surface area contributed by atoms with Gasteiger partial charge in [-0.3, -0.25) is 0 Å². The molecule has 0 unspecified atom stereocenters. The van der Waals surface area contributed by atoms with Crippen LogP contribution in [0.1, 0.15) is 73.1 Å². The highest BCUT2D eigenvalue weighted by Crippen LogP contribution is 2.41. The molecule has 2 heterocycles. The summed E-state index contributed by atoms with van der Waals surface area (Å²) in [5.74, 6) is 2.08. The number of aromatic nitrogens is 2. The van der Waals surface area contributed by atoms with E-state index in [4.69, 9.17) is 0 Å². The van der Waals surface area contributed by atoms with Crippen molar-refractivity contribution in [2.24, 2.45) is 0 Å². The van der Waals surface area contributed by atoms with Crippen molar-refractivity contribution in [3.05, 3.63) is 47.0 Å². The van der Waals surface area contributed by atoms with Crippen LogP contribution in [0.15, 0.2) is 24.3 Å². The van der Waals surface area contributed by atoms with Crippen LogP contribution in [0.25, 0.3) is 0 Å². The molecule has 0 saturated heterocycles. The van der Waals surface area contributed by atoms with Gasteiger partial charge >= 0.3 is 0 Å². The minimum atomic E-state index is 0.449. The third-order valence-electron chi connectivity index (χ3n) is 4.43. The summed E-state index contributed by atoms with van der Waals surface area (Å²) in [6.45, 7) is 2.28. The lowest BCUT2D eigenvalue weighted by molar-refractivity contribution is 0.830. The first kappa shape index (κ1) is 10.5. The summed E-state index contributed by atoms with van der Waals surface area (Å²) in [5.41, 5.74) is 5.57. The quantitative estimate of drug-likeness (QED) is 0.800. The summed E-state index contributed by atoms with van der Waals surface area (Å²) < 4.78 is 0. The zero-order valence-electron chi connectivity index (χ0n) is 10.9. The molecule has 2 fully saturated rings. The fourth-order valence-corrected chi connectivity index (χ4v) is 2.80. The highest BCUT2D eigenvalue weighted by molar-refractivity contribution is 5.30. The van der Waals surface area contributed by atoms with Crippen LogP contribution in [0, 0.1) is 0 Å². The molecule has 18 heavy (non-hydrogen) atoms. The van der Waals surface area contributed by atoms with Crippen molar-refractivity contribution in [1.29, 1.82) is 0 Å². The summed E-state index contributed by atoms with van der Waals surface area (Å²) in [6.07, 6.45) is 5.46. The minimum absolute atomic E-state index is 0.449. The SMILES string of the molecule is CC(c1ccc(C2CC2)[nH]1)c1ccc(C2CC2)[nH]1. The van der Waals surface area contributed by atoms with Gasteiger partial charge < -0.3 is 9.97 Å². The van der Waals surface area contributed by atoms with E-state index < -0.39 is 0 Å². The van der Waals surface area contributed by atoms with Crippen LogP contribution in [0.4, 0.5) is 0 Å². The maximum atomic E-state index is 3.61. The van der Waals surface area contributed by atoms with Gasteiger partial charge in [-0.1, -0.05) is 6.92 Å². The van der Waals surface area contributed by atoms with Crippen LogP contribution in [0.2, 0.25) is 0 Å². The van der Waals surface area contributed by atoms with Crippen LogP contribution in [0.3, 0.4) is 0 Å². The van der Waals surface area contributed by atoms with E-state index >= 15 is 0 Å². The van der Waals surface area contributed by atoms with Gasteiger partial charge in [-0.15, -0.1) is 0 Å². The Morgan fingerprint density at radius 3 is 1.67 bits per heavy atom. The third kappa shape index (κ3) is 1.80. The molecule has 2 aromatic rings. The molecule has 0 aliphatic heterocycles. The Labute approximate surface area is 108 Å². The molecule has 0 amide bonds. The average Bonchev–Trinajstić information content (AvgIpc) is 3.32. The molecule has 0 bridgehead atoms. The Bertz CT molecular complexity index is 505. The van der Waals surface area contributed by atoms with Crippen LogP contribution in [-0.4, -0.2) is 9.97 Å². The van der Waals surface area contributed by atoms with E-state index in [0.717, 1.165) is 11.8 Å². The first-order chi connectivity index (χ1) is 8.81. The second-order valence-corrected chi connectivity index (χ2v) is 6.01. The zero-order valence-corrected chi connectivity index (χ0v) is 10.9. The predicted octanol–water partition coefficient (Wildman–Crippen LogP) is 4.25. The first-order valence-corrected chi connectivity index (χ1v) is 7.19. The van der Waals surface area contributed by atoms with Gasteiger partial charge in [0, 0.05) is 28.7 Å². The maximum absolute atomic E-state index is 3.61. The average molecular weight is 240 g/mol. The molecular weight excluding hydrogens is 220 g/mol. The van der Waals surface area contributed by atoms with Gasteiger partial charge in [0.05, 0.1) is 0 Å². The predicted molar refractivity (Wildman–Crippen MR) is 73.1 cm³/mol. The van der Waals surface area contributed by atoms with Gasteiger partial charge in [0.15, 0.2) is 0 Å². The summed E-state index contributed by atoms with van der Waals surface area (Å²) in [4.78, 5) is 7.21. The van der Waals surface area contributed by atoms with E-state index in [1.165, 1.54) is 48.5 Å². The molecule has 2 aliphatic carbocycles. The van der Waals surface area contributed by atoms with Crippen molar-refractivity contribution < 1.29 is 0 Å². The highest BCUT2D eigenvalue weighted by atomic mass is 14.8. The lowest BCUT2D eigenvalue weighted by atomic mass is 10.1. The Morgan fingerprint density at radius 1 is 0.833 bits per heavy atom. The molecular formula is C16H20N2. The molecule has 2 aromatic heterocycles.